The van der Waals surface area contributed by atoms with Crippen LogP contribution in [0, 0.1) is 5.41 Å². The number of carboxylic acid groups (broad SMARTS) is 1. The Hall–Kier alpha value is -1.55. The predicted octanol–water partition coefficient (Wildman–Crippen LogP) is 2.46. The molecule has 0 radical (unpaired) electrons. The van der Waals surface area contributed by atoms with Crippen LogP contribution in [0.15, 0.2) is 24.3 Å². The third kappa shape index (κ3) is 1.97. The Morgan fingerprint density at radius 1 is 1.44 bits per heavy atom. The van der Waals surface area contributed by atoms with Crippen molar-refractivity contribution in [1.29, 1.82) is 0 Å². The minimum atomic E-state index is -1.41. The summed E-state index contributed by atoms with van der Waals surface area (Å²) < 4.78 is 4.86. The van der Waals surface area contributed by atoms with E-state index in [4.69, 9.17) is 16.3 Å². The van der Waals surface area contributed by atoms with Gasteiger partial charge in [-0.15, -0.1) is 0 Å². The highest BCUT2D eigenvalue weighted by Gasteiger charge is 2.68. The molecular weight excluding hydrogens is 256 g/mol. The molecule has 5 heteroatoms. The van der Waals surface area contributed by atoms with Crippen LogP contribution in [0.5, 0.6) is 0 Å². The van der Waals surface area contributed by atoms with Gasteiger partial charge < -0.3 is 9.84 Å². The Kier molecular flexibility index (Phi) is 3.30. The topological polar surface area (TPSA) is 63.6 Å². The number of hydrogen-bond acceptors (Lipinski definition) is 3. The van der Waals surface area contributed by atoms with E-state index < -0.39 is 17.4 Å². The Balaban J connectivity index is 2.25. The molecule has 1 fully saturated rings. The molecule has 4 nitrogen and oxygen atoms in total. The van der Waals surface area contributed by atoms with Crippen LogP contribution in [-0.2, 0) is 14.3 Å². The van der Waals surface area contributed by atoms with Gasteiger partial charge >= 0.3 is 11.9 Å². The molecular formula is C13H13ClO4. The maximum atomic E-state index is 11.8. The lowest BCUT2D eigenvalue weighted by atomic mass is 9.99. The molecule has 0 aliphatic heterocycles. The molecule has 1 N–H and O–H groups in total. The number of carbonyl (C=O) groups is 2. The first-order chi connectivity index (χ1) is 8.52. The monoisotopic (exact) mass is 268 g/mol. The summed E-state index contributed by atoms with van der Waals surface area (Å²) in [5.74, 6) is -2.11. The van der Waals surface area contributed by atoms with Crippen molar-refractivity contribution in [3.63, 3.8) is 0 Å². The average molecular weight is 269 g/mol. The summed E-state index contributed by atoms with van der Waals surface area (Å²) in [4.78, 5) is 23.1. The first-order valence-corrected chi connectivity index (χ1v) is 6.06. The third-order valence-corrected chi connectivity index (χ3v) is 3.51. The molecule has 0 saturated heterocycles. The Morgan fingerprint density at radius 2 is 2.06 bits per heavy atom. The lowest BCUT2D eigenvalue weighted by Crippen LogP contribution is -2.29. The number of benzene rings is 1. The van der Waals surface area contributed by atoms with Crippen molar-refractivity contribution in [2.75, 3.05) is 6.61 Å². The summed E-state index contributed by atoms with van der Waals surface area (Å²) in [7, 11) is 0. The summed E-state index contributed by atoms with van der Waals surface area (Å²) in [6, 6.07) is 6.87. The van der Waals surface area contributed by atoms with Gasteiger partial charge in [-0.05, 0) is 31.0 Å². The fourth-order valence-electron chi connectivity index (χ4n) is 2.17. The minimum absolute atomic E-state index is 0.182. The van der Waals surface area contributed by atoms with Crippen LogP contribution in [0.3, 0.4) is 0 Å². The van der Waals surface area contributed by atoms with Crippen molar-refractivity contribution < 1.29 is 19.4 Å². The molecule has 18 heavy (non-hydrogen) atoms. The van der Waals surface area contributed by atoms with Crippen molar-refractivity contribution in [2.45, 2.75) is 19.3 Å². The van der Waals surface area contributed by atoms with Gasteiger partial charge in [-0.25, -0.2) is 0 Å². The highest BCUT2D eigenvalue weighted by Crippen LogP contribution is 2.60. The fourth-order valence-corrected chi connectivity index (χ4v) is 2.30. The molecule has 96 valence electrons. The number of carbonyl (C=O) groups excluding carboxylic acids is 1. The normalized spacial score (nSPS) is 25.6. The molecule has 2 rings (SSSR count). The number of ether oxygens (including phenoxy) is 1. The molecule has 1 aromatic rings. The lowest BCUT2D eigenvalue weighted by molar-refractivity contribution is -0.161. The van der Waals surface area contributed by atoms with E-state index in [1.807, 2.05) is 0 Å². The average Bonchev–Trinajstić information content (AvgIpc) is 3.07. The van der Waals surface area contributed by atoms with E-state index in [-0.39, 0.29) is 18.9 Å². The van der Waals surface area contributed by atoms with Crippen LogP contribution < -0.4 is 0 Å². The van der Waals surface area contributed by atoms with Gasteiger partial charge in [-0.3, -0.25) is 9.59 Å². The summed E-state index contributed by atoms with van der Waals surface area (Å²) >= 11 is 5.77. The Labute approximate surface area is 110 Å². The number of halogens is 1. The predicted molar refractivity (Wildman–Crippen MR) is 65.5 cm³/mol. The first kappa shape index (κ1) is 12.9. The zero-order chi connectivity index (χ0) is 13.3. The van der Waals surface area contributed by atoms with Crippen molar-refractivity contribution in [3.8, 4) is 0 Å². The summed E-state index contributed by atoms with van der Waals surface area (Å²) in [6.07, 6.45) is 0.281. The minimum Gasteiger partial charge on any atom is -0.480 e. The molecule has 1 aliphatic rings. The van der Waals surface area contributed by atoms with E-state index in [2.05, 4.69) is 0 Å². The molecule has 2 unspecified atom stereocenters. The molecule has 0 amide bonds. The van der Waals surface area contributed by atoms with Gasteiger partial charge in [0.25, 0.3) is 0 Å². The Morgan fingerprint density at radius 3 is 2.56 bits per heavy atom. The van der Waals surface area contributed by atoms with E-state index in [1.165, 1.54) is 0 Å². The SMILES string of the molecule is CCOC(=O)C1(C(=O)O)CC1c1ccc(Cl)cc1. The van der Waals surface area contributed by atoms with E-state index in [1.54, 1.807) is 31.2 Å². The molecule has 1 aliphatic carbocycles. The molecule has 0 aromatic heterocycles. The number of carboxylic acids is 1. The van der Waals surface area contributed by atoms with Crippen LogP contribution in [0.25, 0.3) is 0 Å². The zero-order valence-corrected chi connectivity index (χ0v) is 10.6. The van der Waals surface area contributed by atoms with Crippen LogP contribution in [0.1, 0.15) is 24.8 Å². The van der Waals surface area contributed by atoms with Crippen LogP contribution in [-0.4, -0.2) is 23.7 Å². The van der Waals surface area contributed by atoms with Gasteiger partial charge in [0.15, 0.2) is 5.41 Å². The Bertz CT molecular complexity index is 482. The highest BCUT2D eigenvalue weighted by molar-refractivity contribution is 6.30. The van der Waals surface area contributed by atoms with E-state index in [9.17, 15) is 14.7 Å². The van der Waals surface area contributed by atoms with Crippen molar-refractivity contribution in [2.24, 2.45) is 5.41 Å². The molecule has 2 atom stereocenters. The second kappa shape index (κ2) is 4.61. The first-order valence-electron chi connectivity index (χ1n) is 5.68. The van der Waals surface area contributed by atoms with Gasteiger partial charge in [-0.1, -0.05) is 23.7 Å². The zero-order valence-electron chi connectivity index (χ0n) is 9.85. The summed E-state index contributed by atoms with van der Waals surface area (Å²) in [5.41, 5.74) is -0.612. The number of aliphatic carboxylic acids is 1. The van der Waals surface area contributed by atoms with Gasteiger partial charge in [0.05, 0.1) is 6.61 Å². The number of rotatable bonds is 4. The van der Waals surface area contributed by atoms with Gasteiger partial charge in [-0.2, -0.15) is 0 Å². The molecule has 0 bridgehead atoms. The molecule has 1 aromatic carbocycles. The molecule has 0 spiro atoms. The summed E-state index contributed by atoms with van der Waals surface area (Å²) in [6.45, 7) is 1.84. The van der Waals surface area contributed by atoms with E-state index in [0.717, 1.165) is 5.56 Å². The maximum absolute atomic E-state index is 11.8. The molecule has 0 heterocycles. The number of hydrogen-bond donors (Lipinski definition) is 1. The molecule has 1 saturated carbocycles. The van der Waals surface area contributed by atoms with E-state index >= 15 is 0 Å². The van der Waals surface area contributed by atoms with Gasteiger partial charge in [0.1, 0.15) is 0 Å². The van der Waals surface area contributed by atoms with Crippen LogP contribution in [0.4, 0.5) is 0 Å². The third-order valence-electron chi connectivity index (χ3n) is 3.25. The lowest BCUT2D eigenvalue weighted by Gasteiger charge is -2.11. The van der Waals surface area contributed by atoms with Crippen molar-refractivity contribution in [3.05, 3.63) is 34.9 Å². The largest absolute Gasteiger partial charge is 0.480 e. The van der Waals surface area contributed by atoms with Crippen molar-refractivity contribution >= 4 is 23.5 Å². The van der Waals surface area contributed by atoms with Gasteiger partial charge in [0.2, 0.25) is 0 Å². The quantitative estimate of drug-likeness (QED) is 0.673. The van der Waals surface area contributed by atoms with Gasteiger partial charge in [0, 0.05) is 10.9 Å². The van der Waals surface area contributed by atoms with Crippen molar-refractivity contribution in [1.82, 2.24) is 0 Å². The standard InChI is InChI=1S/C13H13ClO4/c1-2-18-12(17)13(11(15)16)7-10(13)8-3-5-9(14)6-4-8/h3-6,10H,2,7H2,1H3,(H,15,16). The smallest absolute Gasteiger partial charge is 0.324 e. The summed E-state index contributed by atoms with van der Waals surface area (Å²) in [5, 5.41) is 9.84. The second-order valence-electron chi connectivity index (χ2n) is 4.31. The highest BCUT2D eigenvalue weighted by atomic mass is 35.5. The van der Waals surface area contributed by atoms with E-state index in [0.29, 0.717) is 5.02 Å². The van der Waals surface area contributed by atoms with Crippen LogP contribution >= 0.6 is 11.6 Å². The second-order valence-corrected chi connectivity index (χ2v) is 4.74. The van der Waals surface area contributed by atoms with Crippen LogP contribution in [0.2, 0.25) is 5.02 Å². The maximum Gasteiger partial charge on any atom is 0.324 e. The fraction of sp³-hybridized carbons (Fsp3) is 0.385. The number of esters is 1.